The first kappa shape index (κ1) is 20.0. The van der Waals surface area contributed by atoms with E-state index in [-0.39, 0.29) is 11.8 Å². The minimum absolute atomic E-state index is 0.0388. The molecule has 3 aliphatic carbocycles. The third-order valence-electron chi connectivity index (χ3n) is 8.04. The number of nitrogens with two attached hydrogens (primary N) is 1. The van der Waals surface area contributed by atoms with Gasteiger partial charge in [-0.2, -0.15) is 10.4 Å². The van der Waals surface area contributed by atoms with Crippen molar-refractivity contribution in [1.29, 1.82) is 5.26 Å². The van der Waals surface area contributed by atoms with Gasteiger partial charge in [0.25, 0.3) is 0 Å². The largest absolute Gasteiger partial charge is 0.374 e. The molecule has 8 nitrogen and oxygen atoms in total. The van der Waals surface area contributed by atoms with Crippen LogP contribution in [0.25, 0.3) is 0 Å². The minimum atomic E-state index is -1.22. The minimum Gasteiger partial charge on any atom is -0.374 e. The van der Waals surface area contributed by atoms with Gasteiger partial charge in [-0.15, -0.1) is 0 Å². The second kappa shape index (κ2) is 7.33. The number of aliphatic hydroxyl groups excluding tert-OH is 1. The number of rotatable bonds is 6. The van der Waals surface area contributed by atoms with E-state index in [1.807, 2.05) is 4.68 Å². The second-order valence-electron chi connectivity index (χ2n) is 10.1. The van der Waals surface area contributed by atoms with Crippen molar-refractivity contribution in [2.75, 3.05) is 18.4 Å². The van der Waals surface area contributed by atoms with Crippen LogP contribution in [0.1, 0.15) is 76.0 Å². The van der Waals surface area contributed by atoms with Crippen molar-refractivity contribution in [3.63, 3.8) is 0 Å². The molecule has 1 aliphatic heterocycles. The highest BCUT2D eigenvalue weighted by atomic mass is 16.3. The molecule has 1 unspecified atom stereocenters. The topological polar surface area (TPSA) is 120 Å². The van der Waals surface area contributed by atoms with Crippen LogP contribution in [0.3, 0.4) is 0 Å². The van der Waals surface area contributed by atoms with Crippen LogP contribution in [0.2, 0.25) is 0 Å². The molecule has 2 heterocycles. The van der Waals surface area contributed by atoms with E-state index in [0.717, 1.165) is 38.5 Å². The Morgan fingerprint density at radius 2 is 2.00 bits per heavy atom. The fourth-order valence-corrected chi connectivity index (χ4v) is 5.71. The fourth-order valence-electron chi connectivity index (χ4n) is 5.71. The van der Waals surface area contributed by atoms with Gasteiger partial charge in [0.2, 0.25) is 5.91 Å². The number of amides is 1. The van der Waals surface area contributed by atoms with Gasteiger partial charge in [0.15, 0.2) is 5.82 Å². The lowest BCUT2D eigenvalue weighted by molar-refractivity contribution is -0.117. The highest BCUT2D eigenvalue weighted by Crippen LogP contribution is 2.51. The average Bonchev–Trinajstić information content (AvgIpc) is 3.41. The molecule has 1 atom stereocenters. The number of carbonyl (C=O) groups is 1. The summed E-state index contributed by atoms with van der Waals surface area (Å²) in [6.45, 7) is 2.48. The Labute approximate surface area is 177 Å². The summed E-state index contributed by atoms with van der Waals surface area (Å²) in [5.41, 5.74) is 6.39. The SMILES string of the molecule is N#CCC1(n2cc(C(N)O)c(NC(=O)C3CC3)n2)CCC(N2CC3(CCC3)C2)CC1. The Balaban J connectivity index is 1.31. The maximum atomic E-state index is 12.2. The van der Waals surface area contributed by atoms with E-state index in [2.05, 4.69) is 21.4 Å². The summed E-state index contributed by atoms with van der Waals surface area (Å²) in [6.07, 6.45) is 10.7. The molecule has 0 aromatic carbocycles. The van der Waals surface area contributed by atoms with Crippen molar-refractivity contribution in [2.45, 2.75) is 82.0 Å². The molecular weight excluding hydrogens is 380 g/mol. The first-order chi connectivity index (χ1) is 14.4. The summed E-state index contributed by atoms with van der Waals surface area (Å²) in [7, 11) is 0. The van der Waals surface area contributed by atoms with Crippen LogP contribution in [-0.4, -0.2) is 44.8 Å². The van der Waals surface area contributed by atoms with Crippen LogP contribution in [-0.2, 0) is 10.3 Å². The predicted octanol–water partition coefficient (Wildman–Crippen LogP) is 2.22. The van der Waals surface area contributed by atoms with Gasteiger partial charge in [-0.25, -0.2) is 0 Å². The van der Waals surface area contributed by atoms with Crippen LogP contribution in [0, 0.1) is 22.7 Å². The lowest BCUT2D eigenvalue weighted by atomic mass is 9.62. The first-order valence-corrected chi connectivity index (χ1v) is 11.4. The molecular formula is C22H32N6O2. The predicted molar refractivity (Wildman–Crippen MR) is 111 cm³/mol. The van der Waals surface area contributed by atoms with Crippen molar-refractivity contribution in [3.05, 3.63) is 11.8 Å². The molecule has 0 radical (unpaired) electrons. The Hall–Kier alpha value is -1.95. The van der Waals surface area contributed by atoms with Crippen LogP contribution < -0.4 is 11.1 Å². The van der Waals surface area contributed by atoms with Gasteiger partial charge in [0.1, 0.15) is 6.23 Å². The normalized spacial score (nSPS) is 31.4. The maximum absolute atomic E-state index is 12.2. The summed E-state index contributed by atoms with van der Waals surface area (Å²) in [5, 5.41) is 27.0. The number of anilines is 1. The summed E-state index contributed by atoms with van der Waals surface area (Å²) >= 11 is 0. The Bertz CT molecular complexity index is 847. The molecule has 4 N–H and O–H groups in total. The summed E-state index contributed by atoms with van der Waals surface area (Å²) < 4.78 is 1.81. The van der Waals surface area contributed by atoms with E-state index < -0.39 is 11.8 Å². The highest BCUT2D eigenvalue weighted by molar-refractivity contribution is 5.93. The molecule has 8 heteroatoms. The number of aromatic nitrogens is 2. The number of hydrogen-bond donors (Lipinski definition) is 3. The number of nitrogens with zero attached hydrogens (tertiary/aromatic N) is 4. The number of hydrogen-bond acceptors (Lipinski definition) is 6. The van der Waals surface area contributed by atoms with E-state index >= 15 is 0 Å². The maximum Gasteiger partial charge on any atom is 0.228 e. The third kappa shape index (κ3) is 3.43. The molecule has 1 aromatic rings. The van der Waals surface area contributed by atoms with E-state index in [9.17, 15) is 15.2 Å². The van der Waals surface area contributed by atoms with Gasteiger partial charge in [0.05, 0.1) is 23.6 Å². The molecule has 162 valence electrons. The van der Waals surface area contributed by atoms with Crippen LogP contribution >= 0.6 is 0 Å². The van der Waals surface area contributed by atoms with Crippen molar-refractivity contribution >= 4 is 11.7 Å². The number of nitrogens with one attached hydrogen (secondary N) is 1. The second-order valence-corrected chi connectivity index (χ2v) is 10.1. The molecule has 1 spiro atoms. The zero-order valence-corrected chi connectivity index (χ0v) is 17.5. The van der Waals surface area contributed by atoms with Crippen LogP contribution in [0.15, 0.2) is 6.20 Å². The lowest BCUT2D eigenvalue weighted by Crippen LogP contribution is -2.63. The monoisotopic (exact) mass is 412 g/mol. The summed E-state index contributed by atoms with van der Waals surface area (Å²) in [6, 6.07) is 2.94. The smallest absolute Gasteiger partial charge is 0.228 e. The number of aliphatic hydroxyl groups is 1. The number of carbonyl (C=O) groups excluding carboxylic acids is 1. The quantitative estimate of drug-likeness (QED) is 0.616. The molecule has 3 saturated carbocycles. The van der Waals surface area contributed by atoms with E-state index in [4.69, 9.17) is 5.73 Å². The van der Waals surface area contributed by atoms with Gasteiger partial charge >= 0.3 is 0 Å². The third-order valence-corrected chi connectivity index (χ3v) is 8.04. The molecule has 4 aliphatic rings. The van der Waals surface area contributed by atoms with Gasteiger partial charge in [-0.3, -0.25) is 14.4 Å². The molecule has 0 bridgehead atoms. The summed E-state index contributed by atoms with van der Waals surface area (Å²) in [5.74, 6) is 0.302. The van der Waals surface area contributed by atoms with Gasteiger partial charge in [0, 0.05) is 31.2 Å². The summed E-state index contributed by atoms with van der Waals surface area (Å²) in [4.78, 5) is 14.9. The average molecular weight is 413 g/mol. The first-order valence-electron chi connectivity index (χ1n) is 11.4. The van der Waals surface area contributed by atoms with Gasteiger partial charge < -0.3 is 16.2 Å². The van der Waals surface area contributed by atoms with Crippen molar-refractivity contribution in [2.24, 2.45) is 17.1 Å². The molecule has 4 fully saturated rings. The Kier molecular flexibility index (Phi) is 4.88. The van der Waals surface area contributed by atoms with E-state index in [0.29, 0.717) is 29.3 Å². The standard InChI is InChI=1S/C22H32N6O2/c23-11-10-22(8-4-16(5-9-22)27-13-21(14-27)6-1-7-21)28-12-17(18(24)29)19(26-28)25-20(30)15-2-3-15/h12,15-16,18,29H,1-10,13-14,24H2,(H,25,26,30). The highest BCUT2D eigenvalue weighted by Gasteiger charge is 2.50. The lowest BCUT2D eigenvalue weighted by Gasteiger charge is -2.59. The zero-order chi connectivity index (χ0) is 20.9. The van der Waals surface area contributed by atoms with Crippen molar-refractivity contribution in [3.8, 4) is 6.07 Å². The number of likely N-dealkylation sites (tertiary alicyclic amines) is 1. The molecule has 30 heavy (non-hydrogen) atoms. The van der Waals surface area contributed by atoms with Crippen LogP contribution in [0.4, 0.5) is 5.82 Å². The molecule has 1 amide bonds. The van der Waals surface area contributed by atoms with E-state index in [1.165, 1.54) is 32.4 Å². The van der Waals surface area contributed by atoms with Crippen molar-refractivity contribution in [1.82, 2.24) is 14.7 Å². The molecule has 1 aromatic heterocycles. The Morgan fingerprint density at radius 1 is 1.30 bits per heavy atom. The van der Waals surface area contributed by atoms with Crippen LogP contribution in [0.5, 0.6) is 0 Å². The fraction of sp³-hybridized carbons (Fsp3) is 0.773. The van der Waals surface area contributed by atoms with Gasteiger partial charge in [-0.05, 0) is 56.8 Å². The molecule has 5 rings (SSSR count). The number of nitriles is 1. The Morgan fingerprint density at radius 3 is 2.53 bits per heavy atom. The van der Waals surface area contributed by atoms with Crippen molar-refractivity contribution < 1.29 is 9.90 Å². The van der Waals surface area contributed by atoms with E-state index in [1.54, 1.807) is 6.20 Å². The van der Waals surface area contributed by atoms with Gasteiger partial charge in [-0.1, -0.05) is 6.42 Å². The zero-order valence-electron chi connectivity index (χ0n) is 17.5. The molecule has 1 saturated heterocycles.